The van der Waals surface area contributed by atoms with Crippen molar-refractivity contribution in [3.63, 3.8) is 0 Å². The second-order valence-electron chi connectivity index (χ2n) is 2.28. The zero-order valence-corrected chi connectivity index (χ0v) is 9.01. The zero-order chi connectivity index (χ0) is 10.4. The lowest BCUT2D eigenvalue weighted by Crippen LogP contribution is -2.57. The van der Waals surface area contributed by atoms with Gasteiger partial charge in [0, 0.05) is 14.2 Å². The minimum absolute atomic E-state index is 0.00208. The Morgan fingerprint density at radius 2 is 2.14 bits per heavy atom. The molecule has 0 amide bonds. The van der Waals surface area contributed by atoms with Crippen LogP contribution < -0.4 is 11.1 Å². The van der Waals surface area contributed by atoms with Gasteiger partial charge in [-0.1, -0.05) is 0 Å². The van der Waals surface area contributed by atoms with Gasteiger partial charge in [0.25, 0.3) is 0 Å². The molecule has 1 aromatic heterocycles. The van der Waals surface area contributed by atoms with Crippen LogP contribution >= 0.6 is 0 Å². The molecule has 0 radical (unpaired) electrons. The van der Waals surface area contributed by atoms with E-state index in [1.807, 2.05) is 0 Å². The highest BCUT2D eigenvalue weighted by molar-refractivity contribution is 6.74. The van der Waals surface area contributed by atoms with Crippen LogP contribution in [0.5, 0.6) is 0 Å². The predicted molar refractivity (Wildman–Crippen MR) is 49.4 cm³/mol. The highest BCUT2D eigenvalue weighted by Crippen LogP contribution is 2.04. The highest BCUT2D eigenvalue weighted by Gasteiger charge is 2.44. The van der Waals surface area contributed by atoms with Crippen LogP contribution in [0.15, 0.2) is 12.3 Å². The first-order chi connectivity index (χ1) is 6.79. The summed E-state index contributed by atoms with van der Waals surface area (Å²) in [6.45, 7) is -0.00208. The number of nitrogens with zero attached hydrogens (tertiary/aromatic N) is 3. The fourth-order valence-corrected chi connectivity index (χ4v) is 2.63. The first kappa shape index (κ1) is 11.1. The third-order valence-corrected chi connectivity index (χ3v) is 4.14. The van der Waals surface area contributed by atoms with E-state index in [2.05, 4.69) is 15.4 Å². The topological polar surface area (TPSA) is 92.4 Å². The minimum Gasteiger partial charge on any atom is -0.372 e. The van der Waals surface area contributed by atoms with Crippen molar-refractivity contribution in [1.82, 2.24) is 15.4 Å². The Morgan fingerprint density at radius 1 is 1.43 bits per heavy atom. The monoisotopic (exact) mass is 216 g/mol. The van der Waals surface area contributed by atoms with Crippen LogP contribution in [0.1, 0.15) is 0 Å². The molecule has 1 aromatic rings. The Hall–Kier alpha value is -0.933. The van der Waals surface area contributed by atoms with E-state index in [1.165, 1.54) is 20.4 Å². The Kier molecular flexibility index (Phi) is 4.04. The minimum atomic E-state index is -2.96. The van der Waals surface area contributed by atoms with Gasteiger partial charge in [0.05, 0.1) is 12.9 Å². The van der Waals surface area contributed by atoms with Gasteiger partial charge in [-0.25, -0.2) is 0 Å². The second kappa shape index (κ2) is 5.07. The third-order valence-electron chi connectivity index (χ3n) is 1.63. The maximum atomic E-state index is 5.29. The number of hydrogen-bond acceptors (Lipinski definition) is 7. The molecular weight excluding hydrogens is 204 g/mol. The van der Waals surface area contributed by atoms with Gasteiger partial charge in [-0.2, -0.15) is 0 Å². The summed E-state index contributed by atoms with van der Waals surface area (Å²) in [4.78, 5) is 0. The summed E-state index contributed by atoms with van der Waals surface area (Å²) in [7, 11) is 0.00115. The van der Waals surface area contributed by atoms with Crippen molar-refractivity contribution in [3.05, 3.63) is 12.3 Å². The number of nitrogens with two attached hydrogens (primary N) is 1. The van der Waals surface area contributed by atoms with Gasteiger partial charge >= 0.3 is 8.80 Å². The van der Waals surface area contributed by atoms with Crippen molar-refractivity contribution in [2.24, 2.45) is 5.73 Å². The maximum Gasteiger partial charge on any atom is 0.559 e. The highest BCUT2D eigenvalue weighted by atomic mass is 28.4. The summed E-state index contributed by atoms with van der Waals surface area (Å²) in [6, 6.07) is 1.63. The smallest absolute Gasteiger partial charge is 0.372 e. The van der Waals surface area contributed by atoms with Gasteiger partial charge in [-0.15, -0.1) is 10.2 Å². The van der Waals surface area contributed by atoms with Crippen molar-refractivity contribution < 1.29 is 13.3 Å². The molecule has 8 heteroatoms. The van der Waals surface area contributed by atoms with Crippen molar-refractivity contribution in [2.45, 2.75) is 0 Å². The lowest BCUT2D eigenvalue weighted by molar-refractivity contribution is 0.115. The van der Waals surface area contributed by atoms with Crippen LogP contribution in [0.2, 0.25) is 0 Å². The van der Waals surface area contributed by atoms with Crippen LogP contribution in [0.4, 0.5) is 0 Å². The van der Waals surface area contributed by atoms with Crippen molar-refractivity contribution in [1.29, 1.82) is 0 Å². The van der Waals surface area contributed by atoms with Crippen LogP contribution in [0, 0.1) is 0 Å². The van der Waals surface area contributed by atoms with E-state index in [1.54, 1.807) is 6.07 Å². The summed E-state index contributed by atoms with van der Waals surface area (Å²) < 4.78 is 15.7. The second-order valence-corrected chi connectivity index (χ2v) is 5.01. The molecule has 0 fully saturated rings. The maximum absolute atomic E-state index is 5.29. The molecule has 1 heterocycles. The van der Waals surface area contributed by atoms with Crippen LogP contribution in [0.25, 0.3) is 0 Å². The molecule has 0 saturated carbocycles. The lowest BCUT2D eigenvalue weighted by atomic mass is 10.7. The molecule has 78 valence electrons. The molecule has 0 saturated heterocycles. The molecule has 0 atom stereocenters. The Morgan fingerprint density at radius 3 is 2.57 bits per heavy atom. The van der Waals surface area contributed by atoms with E-state index in [0.717, 1.165) is 0 Å². The van der Waals surface area contributed by atoms with E-state index in [4.69, 9.17) is 19.0 Å². The van der Waals surface area contributed by atoms with Gasteiger partial charge in [-0.3, -0.25) is 0 Å². The molecule has 1 rings (SSSR count). The fraction of sp³-hybridized carbons (Fsp3) is 0.500. The molecule has 2 N–H and O–H groups in total. The SMILES string of the molecule is CO[Si](OC)(OCN)c1ccnnn1. The Labute approximate surface area is 82.6 Å². The number of hydrogen-bond donors (Lipinski definition) is 1. The van der Waals surface area contributed by atoms with Gasteiger partial charge in [0.1, 0.15) is 5.32 Å². The van der Waals surface area contributed by atoms with E-state index in [0.29, 0.717) is 5.32 Å². The molecule has 0 unspecified atom stereocenters. The predicted octanol–water partition coefficient (Wildman–Crippen LogP) is -1.76. The average Bonchev–Trinajstić information content (AvgIpc) is 2.27. The summed E-state index contributed by atoms with van der Waals surface area (Å²) in [6.07, 6.45) is 1.49. The number of rotatable bonds is 5. The molecular formula is C6H12N4O3Si. The fourth-order valence-electron chi connectivity index (χ4n) is 0.998. The van der Waals surface area contributed by atoms with E-state index in [-0.39, 0.29) is 6.73 Å². The third kappa shape index (κ3) is 2.11. The van der Waals surface area contributed by atoms with Crippen LogP contribution in [-0.2, 0) is 13.3 Å². The normalized spacial score (nSPS) is 11.6. The molecule has 0 spiro atoms. The van der Waals surface area contributed by atoms with E-state index >= 15 is 0 Å². The van der Waals surface area contributed by atoms with Gasteiger partial charge < -0.3 is 19.0 Å². The molecule has 0 aliphatic heterocycles. The molecule has 0 aliphatic carbocycles. The molecule has 7 nitrogen and oxygen atoms in total. The molecule has 0 bridgehead atoms. The first-order valence-corrected chi connectivity index (χ1v) is 5.60. The molecule has 14 heavy (non-hydrogen) atoms. The van der Waals surface area contributed by atoms with Gasteiger partial charge in [0.2, 0.25) is 0 Å². The summed E-state index contributed by atoms with van der Waals surface area (Å²) in [5.74, 6) is 0. The summed E-state index contributed by atoms with van der Waals surface area (Å²) in [5, 5.41) is 11.3. The average molecular weight is 216 g/mol. The van der Waals surface area contributed by atoms with Gasteiger partial charge in [0.15, 0.2) is 0 Å². The largest absolute Gasteiger partial charge is 0.559 e. The summed E-state index contributed by atoms with van der Waals surface area (Å²) in [5.41, 5.74) is 5.29. The van der Waals surface area contributed by atoms with Crippen molar-refractivity contribution in [3.8, 4) is 0 Å². The standard InChI is InChI=1S/C6H12N4O3Si/c1-11-14(12-2,13-5-7)6-3-4-8-10-9-6/h3-4H,5,7H2,1-2H3. The number of aromatic nitrogens is 3. The quantitative estimate of drug-likeness (QED) is 0.460. The van der Waals surface area contributed by atoms with Crippen molar-refractivity contribution >= 4 is 14.1 Å². The van der Waals surface area contributed by atoms with Crippen molar-refractivity contribution in [2.75, 3.05) is 21.0 Å². The zero-order valence-electron chi connectivity index (χ0n) is 8.01. The molecule has 0 aromatic carbocycles. The Bertz CT molecular complexity index is 269. The first-order valence-electron chi connectivity index (χ1n) is 3.88. The van der Waals surface area contributed by atoms with E-state index < -0.39 is 8.80 Å². The Balaban J connectivity index is 2.98. The lowest BCUT2D eigenvalue weighted by Gasteiger charge is -2.23. The van der Waals surface area contributed by atoms with E-state index in [9.17, 15) is 0 Å². The van der Waals surface area contributed by atoms with Gasteiger partial charge in [-0.05, 0) is 11.3 Å². The van der Waals surface area contributed by atoms with Crippen LogP contribution in [-0.4, -0.2) is 45.2 Å². The summed E-state index contributed by atoms with van der Waals surface area (Å²) >= 11 is 0. The van der Waals surface area contributed by atoms with Crippen LogP contribution in [0.3, 0.4) is 0 Å². The molecule has 0 aliphatic rings.